The molecule has 0 saturated carbocycles. The summed E-state index contributed by atoms with van der Waals surface area (Å²) in [5.41, 5.74) is 7.94. The topological polar surface area (TPSA) is 114 Å². The van der Waals surface area contributed by atoms with Crippen LogP contribution in [0, 0.1) is 13.8 Å². The number of aryl methyl sites for hydroxylation is 2. The molecule has 10 aromatic rings. The summed E-state index contributed by atoms with van der Waals surface area (Å²) in [6.07, 6.45) is 0. The molecule has 0 aliphatic heterocycles. The van der Waals surface area contributed by atoms with Gasteiger partial charge in [0.2, 0.25) is 0 Å². The van der Waals surface area contributed by atoms with E-state index in [2.05, 4.69) is 69.7 Å². The second-order valence-electron chi connectivity index (χ2n) is 14.5. The van der Waals surface area contributed by atoms with Gasteiger partial charge in [0.05, 0.1) is 10.0 Å². The summed E-state index contributed by atoms with van der Waals surface area (Å²) < 4.78 is 34.5. The highest BCUT2D eigenvalue weighted by molar-refractivity contribution is 6.33. The first-order chi connectivity index (χ1) is 30.4. The van der Waals surface area contributed by atoms with Gasteiger partial charge in [0, 0.05) is 16.7 Å². The average molecular weight is 860 g/mol. The van der Waals surface area contributed by atoms with E-state index < -0.39 is 0 Å². The van der Waals surface area contributed by atoms with Gasteiger partial charge in [-0.15, -0.1) is 10.2 Å². The summed E-state index contributed by atoms with van der Waals surface area (Å²) in [4.78, 5) is 9.15. The van der Waals surface area contributed by atoms with Crippen molar-refractivity contribution in [1.29, 1.82) is 0 Å². The van der Waals surface area contributed by atoms with Crippen LogP contribution >= 0.6 is 23.2 Å². The number of hydrogen-bond donors (Lipinski definition) is 0. The van der Waals surface area contributed by atoms with E-state index in [1.807, 2.05) is 98.8 Å². The SMILES string of the molecule is Cc1oc2nc(-c3ccccc3Cl)nn2c1COc1ccccc1OCc1ccc(-c2ccc(-c3ccccc3)c(OCc3c(C)oc4nc(-c5ccccc5Cl)nn34)c2)cc1. The first kappa shape index (κ1) is 38.8. The molecule has 0 N–H and O–H groups in total. The highest BCUT2D eigenvalue weighted by Gasteiger charge is 2.21. The average Bonchev–Trinajstić information content (AvgIpc) is 4.04. The van der Waals surface area contributed by atoms with Gasteiger partial charge in [0.25, 0.3) is 0 Å². The maximum atomic E-state index is 6.62. The molecule has 0 aliphatic rings. The Morgan fingerprint density at radius 3 is 1.52 bits per heavy atom. The van der Waals surface area contributed by atoms with Crippen LogP contribution in [0.5, 0.6) is 17.2 Å². The van der Waals surface area contributed by atoms with Gasteiger partial charge in [-0.25, -0.2) is 0 Å². The lowest BCUT2D eigenvalue weighted by Crippen LogP contribution is -2.04. The van der Waals surface area contributed by atoms with Crippen molar-refractivity contribution in [1.82, 2.24) is 29.2 Å². The summed E-state index contributed by atoms with van der Waals surface area (Å²) in [5, 5.41) is 10.5. The van der Waals surface area contributed by atoms with E-state index >= 15 is 0 Å². The Morgan fingerprint density at radius 1 is 0.468 bits per heavy atom. The van der Waals surface area contributed by atoms with E-state index in [9.17, 15) is 0 Å². The van der Waals surface area contributed by atoms with Gasteiger partial charge in [0.15, 0.2) is 23.1 Å². The van der Waals surface area contributed by atoms with E-state index in [1.165, 1.54) is 0 Å². The molecule has 0 amide bonds. The quantitative estimate of drug-likeness (QED) is 0.112. The summed E-state index contributed by atoms with van der Waals surface area (Å²) in [7, 11) is 0. The number of benzene rings is 6. The Kier molecular flexibility index (Phi) is 10.4. The minimum Gasteiger partial charge on any atom is -0.486 e. The minimum absolute atomic E-state index is 0.185. The van der Waals surface area contributed by atoms with Crippen LogP contribution < -0.4 is 14.2 Å². The highest BCUT2D eigenvalue weighted by Crippen LogP contribution is 2.36. The smallest absolute Gasteiger partial charge is 0.325 e. The number of fused-ring (bicyclic) bond motifs is 2. The Balaban J connectivity index is 0.845. The number of hydrogen-bond acceptors (Lipinski definition) is 9. The molecule has 4 heterocycles. The predicted octanol–water partition coefficient (Wildman–Crippen LogP) is 12.3. The lowest BCUT2D eigenvalue weighted by Gasteiger charge is -2.15. The number of aromatic nitrogens is 6. The third-order valence-electron chi connectivity index (χ3n) is 10.5. The van der Waals surface area contributed by atoms with Crippen LogP contribution in [-0.4, -0.2) is 29.2 Å². The van der Waals surface area contributed by atoms with E-state index in [-0.39, 0.29) is 13.2 Å². The fourth-order valence-corrected chi connectivity index (χ4v) is 7.66. The molecule has 6 aromatic carbocycles. The van der Waals surface area contributed by atoms with Crippen molar-refractivity contribution in [2.75, 3.05) is 0 Å². The van der Waals surface area contributed by atoms with Crippen molar-refractivity contribution in [3.8, 4) is 62.3 Å². The minimum atomic E-state index is 0.185. The van der Waals surface area contributed by atoms with E-state index in [1.54, 1.807) is 15.1 Å². The summed E-state index contributed by atoms with van der Waals surface area (Å²) in [6.45, 7) is 4.46. The van der Waals surface area contributed by atoms with Crippen molar-refractivity contribution in [3.63, 3.8) is 0 Å². The molecule has 0 unspecified atom stereocenters. The van der Waals surface area contributed by atoms with Crippen LogP contribution in [0.2, 0.25) is 10.0 Å². The first-order valence-corrected chi connectivity index (χ1v) is 20.6. The van der Waals surface area contributed by atoms with Crippen molar-refractivity contribution in [3.05, 3.63) is 184 Å². The Hall–Kier alpha value is -7.34. The zero-order chi connectivity index (χ0) is 42.2. The van der Waals surface area contributed by atoms with Crippen LogP contribution in [-0.2, 0) is 19.8 Å². The molecule has 10 rings (SSSR count). The van der Waals surface area contributed by atoms with Gasteiger partial charge in [0.1, 0.15) is 48.5 Å². The molecule has 0 atom stereocenters. The molecule has 0 fully saturated rings. The van der Waals surface area contributed by atoms with Gasteiger partial charge in [-0.1, -0.05) is 126 Å². The van der Waals surface area contributed by atoms with E-state index in [4.69, 9.17) is 51.3 Å². The first-order valence-electron chi connectivity index (χ1n) is 19.8. The molecule has 11 nitrogen and oxygen atoms in total. The van der Waals surface area contributed by atoms with Crippen molar-refractivity contribution >= 4 is 34.9 Å². The Labute approximate surface area is 365 Å². The molecule has 0 aliphatic carbocycles. The number of nitrogens with zero attached hydrogens (tertiary/aromatic N) is 6. The van der Waals surface area contributed by atoms with Gasteiger partial charge in [-0.3, -0.25) is 0 Å². The maximum absolute atomic E-state index is 6.62. The molecule has 306 valence electrons. The molecule has 0 radical (unpaired) electrons. The number of halogens is 2. The standard InChI is InChI=1S/C49H36Cl2N6O5/c1-30-41(56-48(61-30)52-46(54-56)37-14-6-8-16-39(37)50)28-59-44-19-11-10-18-43(44)58-27-32-20-22-33(23-21-32)35-24-25-36(34-12-4-3-5-13-34)45(26-35)60-29-42-31(2)62-49-53-47(55-57(42)49)38-15-7-9-17-40(38)51/h3-26H,27-29H2,1-2H3. The molecule has 13 heteroatoms. The fourth-order valence-electron chi connectivity index (χ4n) is 7.22. The molecular weight excluding hydrogens is 823 g/mol. The largest absolute Gasteiger partial charge is 0.486 e. The Morgan fingerprint density at radius 2 is 0.952 bits per heavy atom. The van der Waals surface area contributed by atoms with Gasteiger partial charge in [-0.05, 0) is 78.6 Å². The Bertz CT molecular complexity index is 3210. The number of ether oxygens (including phenoxy) is 3. The van der Waals surface area contributed by atoms with Gasteiger partial charge >= 0.3 is 11.7 Å². The summed E-state index contributed by atoms with van der Waals surface area (Å²) in [5.74, 6) is 4.93. The van der Waals surface area contributed by atoms with Crippen LogP contribution in [0.15, 0.2) is 154 Å². The molecule has 0 bridgehead atoms. The van der Waals surface area contributed by atoms with E-state index in [0.29, 0.717) is 68.8 Å². The number of oxazole rings is 2. The van der Waals surface area contributed by atoms with Crippen LogP contribution in [0.4, 0.5) is 0 Å². The molecule has 4 aromatic heterocycles. The zero-order valence-corrected chi connectivity index (χ0v) is 35.0. The van der Waals surface area contributed by atoms with Crippen LogP contribution in [0.25, 0.3) is 56.7 Å². The fraction of sp³-hybridized carbons (Fsp3) is 0.102. The van der Waals surface area contributed by atoms with E-state index in [0.717, 1.165) is 50.3 Å². The number of para-hydroxylation sites is 2. The van der Waals surface area contributed by atoms with Gasteiger partial charge < -0.3 is 23.0 Å². The molecule has 0 saturated heterocycles. The lowest BCUT2D eigenvalue weighted by atomic mass is 9.98. The highest BCUT2D eigenvalue weighted by atomic mass is 35.5. The maximum Gasteiger partial charge on any atom is 0.325 e. The second-order valence-corrected chi connectivity index (χ2v) is 15.3. The van der Waals surface area contributed by atoms with Crippen molar-refractivity contribution < 1.29 is 23.0 Å². The zero-order valence-electron chi connectivity index (χ0n) is 33.5. The van der Waals surface area contributed by atoms with Crippen molar-refractivity contribution in [2.24, 2.45) is 0 Å². The normalized spacial score (nSPS) is 11.4. The van der Waals surface area contributed by atoms with Crippen molar-refractivity contribution in [2.45, 2.75) is 33.7 Å². The number of rotatable bonds is 13. The van der Waals surface area contributed by atoms with Crippen LogP contribution in [0.1, 0.15) is 28.5 Å². The van der Waals surface area contributed by atoms with Gasteiger partial charge in [-0.2, -0.15) is 19.0 Å². The predicted molar refractivity (Wildman–Crippen MR) is 238 cm³/mol. The second kappa shape index (κ2) is 16.6. The molecular formula is C49H36Cl2N6O5. The van der Waals surface area contributed by atoms with Crippen LogP contribution in [0.3, 0.4) is 0 Å². The lowest BCUT2D eigenvalue weighted by molar-refractivity contribution is 0.252. The third kappa shape index (κ3) is 7.64. The summed E-state index contributed by atoms with van der Waals surface area (Å²) >= 11 is 12.9. The molecule has 62 heavy (non-hydrogen) atoms. The monoisotopic (exact) mass is 858 g/mol. The summed E-state index contributed by atoms with van der Waals surface area (Å²) in [6, 6.07) is 47.2. The third-order valence-corrected chi connectivity index (χ3v) is 11.2. The molecule has 0 spiro atoms.